The van der Waals surface area contributed by atoms with E-state index in [2.05, 4.69) is 29.0 Å². The summed E-state index contributed by atoms with van der Waals surface area (Å²) in [7, 11) is 0. The number of likely N-dealkylation sites (tertiary alicyclic amines) is 2. The van der Waals surface area contributed by atoms with Crippen LogP contribution in [0.5, 0.6) is 0 Å². The number of hydrogen-bond acceptors (Lipinski definition) is 3. The largest absolute Gasteiger partial charge is 0.352 e. The summed E-state index contributed by atoms with van der Waals surface area (Å²) in [5.41, 5.74) is 1.87. The number of benzene rings is 1. The van der Waals surface area contributed by atoms with E-state index in [0.717, 1.165) is 50.1 Å². The summed E-state index contributed by atoms with van der Waals surface area (Å²) < 4.78 is 13.4. The lowest BCUT2D eigenvalue weighted by atomic mass is 9.93. The smallest absolute Gasteiger partial charge is 0.224 e. The van der Waals surface area contributed by atoms with Crippen LogP contribution in [0.2, 0.25) is 0 Å². The van der Waals surface area contributed by atoms with Crippen LogP contribution in [-0.4, -0.2) is 54.0 Å². The lowest BCUT2D eigenvalue weighted by Gasteiger charge is -2.43. The molecular formula is C22H34FN3O. The van der Waals surface area contributed by atoms with Crippen LogP contribution in [0.15, 0.2) is 18.2 Å². The first-order valence-corrected chi connectivity index (χ1v) is 10.4. The second-order valence-corrected chi connectivity index (χ2v) is 8.48. The summed E-state index contributed by atoms with van der Waals surface area (Å²) >= 11 is 0. The molecule has 0 spiro atoms. The molecule has 0 saturated carbocycles. The zero-order valence-corrected chi connectivity index (χ0v) is 17.0. The maximum Gasteiger partial charge on any atom is 0.224 e. The second-order valence-electron chi connectivity index (χ2n) is 8.48. The van der Waals surface area contributed by atoms with Crippen molar-refractivity contribution in [1.29, 1.82) is 0 Å². The zero-order chi connectivity index (χ0) is 19.4. The Hall–Kier alpha value is -1.46. The van der Waals surface area contributed by atoms with E-state index in [1.165, 1.54) is 25.0 Å². The monoisotopic (exact) mass is 375 g/mol. The Balaban J connectivity index is 1.50. The first-order valence-electron chi connectivity index (χ1n) is 10.4. The first kappa shape index (κ1) is 20.3. The fourth-order valence-corrected chi connectivity index (χ4v) is 4.48. The molecule has 0 unspecified atom stereocenters. The summed E-state index contributed by atoms with van der Waals surface area (Å²) in [6.45, 7) is 11.2. The predicted molar refractivity (Wildman–Crippen MR) is 107 cm³/mol. The Bertz CT molecular complexity index is 640. The van der Waals surface area contributed by atoms with Gasteiger partial charge in [-0.15, -0.1) is 0 Å². The number of hydrogen-bond donors (Lipinski definition) is 1. The van der Waals surface area contributed by atoms with Gasteiger partial charge in [-0.25, -0.2) is 4.39 Å². The minimum Gasteiger partial charge on any atom is -0.352 e. The van der Waals surface area contributed by atoms with Crippen LogP contribution in [0, 0.1) is 18.7 Å². The van der Waals surface area contributed by atoms with Crippen molar-refractivity contribution >= 4 is 5.91 Å². The lowest BCUT2D eigenvalue weighted by molar-refractivity contribution is -0.127. The van der Waals surface area contributed by atoms with Gasteiger partial charge in [-0.05, 0) is 89.3 Å². The van der Waals surface area contributed by atoms with Crippen LogP contribution in [-0.2, 0) is 11.3 Å². The number of carbonyl (C=O) groups excluding carboxylic acids is 1. The highest BCUT2D eigenvalue weighted by atomic mass is 19.1. The van der Waals surface area contributed by atoms with Crippen LogP contribution in [0.4, 0.5) is 4.39 Å². The number of aryl methyl sites for hydroxylation is 1. The summed E-state index contributed by atoms with van der Waals surface area (Å²) in [5, 5.41) is 3.04. The predicted octanol–water partition coefficient (Wildman–Crippen LogP) is 3.34. The molecule has 5 heteroatoms. The third kappa shape index (κ3) is 5.29. The molecule has 2 heterocycles. The molecule has 1 amide bonds. The third-order valence-electron chi connectivity index (χ3n) is 6.33. The van der Waals surface area contributed by atoms with Crippen molar-refractivity contribution in [2.45, 2.75) is 65.1 Å². The van der Waals surface area contributed by atoms with Crippen LogP contribution >= 0.6 is 0 Å². The normalized spacial score (nSPS) is 22.9. The number of rotatable bonds is 5. The molecule has 0 bridgehead atoms. The van der Waals surface area contributed by atoms with Crippen molar-refractivity contribution in [2.75, 3.05) is 26.2 Å². The van der Waals surface area contributed by atoms with E-state index >= 15 is 0 Å². The summed E-state index contributed by atoms with van der Waals surface area (Å²) in [4.78, 5) is 17.8. The average molecular weight is 376 g/mol. The molecule has 27 heavy (non-hydrogen) atoms. The quantitative estimate of drug-likeness (QED) is 0.857. The van der Waals surface area contributed by atoms with Crippen LogP contribution in [0.1, 0.15) is 50.7 Å². The number of piperidine rings is 2. The summed E-state index contributed by atoms with van der Waals surface area (Å²) in [5.74, 6) is -0.0832. The van der Waals surface area contributed by atoms with Crippen LogP contribution in [0.25, 0.3) is 0 Å². The van der Waals surface area contributed by atoms with Crippen molar-refractivity contribution in [3.63, 3.8) is 0 Å². The molecule has 150 valence electrons. The van der Waals surface area contributed by atoms with E-state index in [0.29, 0.717) is 18.6 Å². The van der Waals surface area contributed by atoms with Gasteiger partial charge in [0.2, 0.25) is 5.91 Å². The number of halogens is 1. The van der Waals surface area contributed by atoms with Gasteiger partial charge in [0, 0.05) is 25.2 Å². The fraction of sp³-hybridized carbons (Fsp3) is 0.682. The average Bonchev–Trinajstić information content (AvgIpc) is 2.68. The van der Waals surface area contributed by atoms with E-state index in [1.54, 1.807) is 6.07 Å². The molecule has 1 atom stereocenters. The zero-order valence-electron chi connectivity index (χ0n) is 17.0. The lowest BCUT2D eigenvalue weighted by Crippen LogP contribution is -2.51. The van der Waals surface area contributed by atoms with Gasteiger partial charge in [0.05, 0.1) is 5.92 Å². The second kappa shape index (κ2) is 9.16. The van der Waals surface area contributed by atoms with Crippen molar-refractivity contribution < 1.29 is 9.18 Å². The minimum atomic E-state index is -0.249. The number of carbonyl (C=O) groups is 1. The summed E-state index contributed by atoms with van der Waals surface area (Å²) in [6, 6.07) is 5.98. The molecular weight excluding hydrogens is 341 g/mol. The molecule has 0 aliphatic carbocycles. The standard InChI is InChI=1S/C22H34FN3O/c1-16(2)25-11-8-21(9-12-25)26-10-4-5-18(15-26)22(27)24-14-19-13-20(23)7-6-17(19)3/h6-7,13,16,18,21H,4-5,8-12,14-15H2,1-3H3,(H,24,27)/t18-/m0/s1. The highest BCUT2D eigenvalue weighted by Gasteiger charge is 2.31. The molecule has 1 aromatic carbocycles. The maximum absolute atomic E-state index is 13.4. The Labute approximate surface area is 163 Å². The van der Waals surface area contributed by atoms with Gasteiger partial charge in [-0.1, -0.05) is 6.07 Å². The van der Waals surface area contributed by atoms with Gasteiger partial charge in [0.15, 0.2) is 0 Å². The van der Waals surface area contributed by atoms with Gasteiger partial charge in [-0.2, -0.15) is 0 Å². The van der Waals surface area contributed by atoms with Crippen molar-refractivity contribution in [1.82, 2.24) is 15.1 Å². The third-order valence-corrected chi connectivity index (χ3v) is 6.33. The molecule has 3 rings (SSSR count). The number of nitrogens with one attached hydrogen (secondary N) is 1. The van der Waals surface area contributed by atoms with Crippen LogP contribution < -0.4 is 5.32 Å². The molecule has 2 saturated heterocycles. The first-order chi connectivity index (χ1) is 12.9. The molecule has 1 N–H and O–H groups in total. The van der Waals surface area contributed by atoms with E-state index in [1.807, 2.05) is 6.92 Å². The van der Waals surface area contributed by atoms with Gasteiger partial charge in [0.25, 0.3) is 0 Å². The molecule has 2 aliphatic heterocycles. The molecule has 1 aromatic rings. The number of amides is 1. The van der Waals surface area contributed by atoms with E-state index in [-0.39, 0.29) is 17.6 Å². The Kier molecular flexibility index (Phi) is 6.88. The van der Waals surface area contributed by atoms with E-state index in [9.17, 15) is 9.18 Å². The minimum absolute atomic E-state index is 0.0516. The van der Waals surface area contributed by atoms with Crippen LogP contribution in [0.3, 0.4) is 0 Å². The molecule has 2 aliphatic rings. The van der Waals surface area contributed by atoms with E-state index in [4.69, 9.17) is 0 Å². The highest BCUT2D eigenvalue weighted by molar-refractivity contribution is 5.79. The maximum atomic E-state index is 13.4. The molecule has 0 radical (unpaired) electrons. The molecule has 0 aromatic heterocycles. The molecule has 2 fully saturated rings. The van der Waals surface area contributed by atoms with Gasteiger partial charge in [-0.3, -0.25) is 9.69 Å². The van der Waals surface area contributed by atoms with Crippen molar-refractivity contribution in [3.05, 3.63) is 35.1 Å². The van der Waals surface area contributed by atoms with E-state index < -0.39 is 0 Å². The fourth-order valence-electron chi connectivity index (χ4n) is 4.48. The Morgan fingerprint density at radius 3 is 2.67 bits per heavy atom. The highest BCUT2D eigenvalue weighted by Crippen LogP contribution is 2.25. The Morgan fingerprint density at radius 2 is 1.96 bits per heavy atom. The Morgan fingerprint density at radius 1 is 1.22 bits per heavy atom. The van der Waals surface area contributed by atoms with Crippen molar-refractivity contribution in [2.24, 2.45) is 5.92 Å². The number of nitrogens with zero attached hydrogens (tertiary/aromatic N) is 2. The summed E-state index contributed by atoms with van der Waals surface area (Å²) in [6.07, 6.45) is 4.45. The SMILES string of the molecule is Cc1ccc(F)cc1CNC(=O)[C@H]1CCCN(C2CCN(C(C)C)CC2)C1. The topological polar surface area (TPSA) is 35.6 Å². The van der Waals surface area contributed by atoms with Gasteiger partial charge >= 0.3 is 0 Å². The van der Waals surface area contributed by atoms with Crippen molar-refractivity contribution in [3.8, 4) is 0 Å². The van der Waals surface area contributed by atoms with Gasteiger partial charge in [0.1, 0.15) is 5.82 Å². The molecule has 4 nitrogen and oxygen atoms in total. The van der Waals surface area contributed by atoms with Gasteiger partial charge < -0.3 is 10.2 Å².